The largest absolute Gasteiger partial charge is 0.360 e. The molecule has 2 rings (SSSR count). The molecule has 0 atom stereocenters. The maximum atomic E-state index is 13.2. The molecule has 0 unspecified atom stereocenters. The lowest BCUT2D eigenvalue weighted by atomic mass is 10.1. The van der Waals surface area contributed by atoms with Gasteiger partial charge in [-0.3, -0.25) is 0 Å². The van der Waals surface area contributed by atoms with Gasteiger partial charge in [-0.25, -0.2) is 4.39 Å². The summed E-state index contributed by atoms with van der Waals surface area (Å²) in [5.41, 5.74) is 1.82. The second-order valence-electron chi connectivity index (χ2n) is 3.80. The van der Waals surface area contributed by atoms with Crippen LogP contribution in [0.15, 0.2) is 18.2 Å². The van der Waals surface area contributed by atoms with Crippen LogP contribution in [-0.2, 0) is 0 Å². The average Bonchev–Trinajstić information content (AvgIpc) is 2.78. The zero-order valence-corrected chi connectivity index (χ0v) is 10.6. The van der Waals surface area contributed by atoms with Gasteiger partial charge in [0, 0.05) is 12.1 Å². The first kappa shape index (κ1) is 12.0. The SMILES string of the molecule is CCCNc1nnc(-c2cc(F)ccc2C)s1. The van der Waals surface area contributed by atoms with Crippen molar-refractivity contribution >= 4 is 16.5 Å². The minimum atomic E-state index is -0.246. The van der Waals surface area contributed by atoms with Crippen molar-refractivity contribution in [2.45, 2.75) is 20.3 Å². The van der Waals surface area contributed by atoms with Gasteiger partial charge in [0.05, 0.1) is 0 Å². The van der Waals surface area contributed by atoms with Crippen molar-refractivity contribution in [3.05, 3.63) is 29.6 Å². The van der Waals surface area contributed by atoms with Gasteiger partial charge >= 0.3 is 0 Å². The maximum Gasteiger partial charge on any atom is 0.206 e. The predicted octanol–water partition coefficient (Wildman–Crippen LogP) is 3.47. The summed E-state index contributed by atoms with van der Waals surface area (Å²) in [6.07, 6.45) is 1.04. The lowest BCUT2D eigenvalue weighted by Crippen LogP contribution is -1.98. The van der Waals surface area contributed by atoms with Gasteiger partial charge < -0.3 is 5.32 Å². The van der Waals surface area contributed by atoms with Gasteiger partial charge in [-0.05, 0) is 31.0 Å². The molecule has 0 radical (unpaired) electrons. The van der Waals surface area contributed by atoms with Gasteiger partial charge in [-0.2, -0.15) is 0 Å². The lowest BCUT2D eigenvalue weighted by molar-refractivity contribution is 0.628. The van der Waals surface area contributed by atoms with Gasteiger partial charge in [-0.15, -0.1) is 10.2 Å². The summed E-state index contributed by atoms with van der Waals surface area (Å²) < 4.78 is 13.2. The van der Waals surface area contributed by atoms with Crippen molar-refractivity contribution in [1.29, 1.82) is 0 Å². The van der Waals surface area contributed by atoms with Crippen LogP contribution in [0.25, 0.3) is 10.6 Å². The third kappa shape index (κ3) is 2.79. The van der Waals surface area contributed by atoms with Gasteiger partial charge in [-0.1, -0.05) is 24.3 Å². The number of hydrogen-bond acceptors (Lipinski definition) is 4. The molecule has 5 heteroatoms. The number of nitrogens with one attached hydrogen (secondary N) is 1. The Morgan fingerprint density at radius 3 is 2.94 bits per heavy atom. The summed E-state index contributed by atoms with van der Waals surface area (Å²) >= 11 is 1.45. The Balaban J connectivity index is 2.27. The fourth-order valence-electron chi connectivity index (χ4n) is 1.46. The van der Waals surface area contributed by atoms with E-state index in [2.05, 4.69) is 22.4 Å². The fraction of sp³-hybridized carbons (Fsp3) is 0.333. The number of benzene rings is 1. The predicted molar refractivity (Wildman–Crippen MR) is 68.8 cm³/mol. The van der Waals surface area contributed by atoms with Crippen molar-refractivity contribution in [2.24, 2.45) is 0 Å². The summed E-state index contributed by atoms with van der Waals surface area (Å²) in [5, 5.41) is 12.8. The highest BCUT2D eigenvalue weighted by Crippen LogP contribution is 2.29. The molecule has 0 aliphatic heterocycles. The van der Waals surface area contributed by atoms with E-state index in [1.807, 2.05) is 6.92 Å². The number of nitrogens with zero attached hydrogens (tertiary/aromatic N) is 2. The van der Waals surface area contributed by atoms with E-state index < -0.39 is 0 Å². The van der Waals surface area contributed by atoms with E-state index in [-0.39, 0.29) is 5.82 Å². The smallest absolute Gasteiger partial charge is 0.206 e. The quantitative estimate of drug-likeness (QED) is 0.904. The van der Waals surface area contributed by atoms with E-state index in [1.54, 1.807) is 6.07 Å². The van der Waals surface area contributed by atoms with Crippen molar-refractivity contribution in [3.8, 4) is 10.6 Å². The van der Waals surface area contributed by atoms with Crippen LogP contribution in [0.3, 0.4) is 0 Å². The Kier molecular flexibility index (Phi) is 3.68. The molecule has 2 aromatic rings. The standard InChI is InChI=1S/C12H14FN3S/c1-3-6-14-12-16-15-11(17-12)10-7-9(13)5-4-8(10)2/h4-5,7H,3,6H2,1-2H3,(H,14,16). The number of rotatable bonds is 4. The molecule has 3 nitrogen and oxygen atoms in total. The number of hydrogen-bond donors (Lipinski definition) is 1. The molecule has 1 aromatic heterocycles. The maximum absolute atomic E-state index is 13.2. The summed E-state index contributed by atoms with van der Waals surface area (Å²) in [6.45, 7) is 4.90. The van der Waals surface area contributed by atoms with Crippen molar-refractivity contribution in [1.82, 2.24) is 10.2 Å². The molecule has 1 N–H and O–H groups in total. The van der Waals surface area contributed by atoms with Gasteiger partial charge in [0.15, 0.2) is 0 Å². The lowest BCUT2D eigenvalue weighted by Gasteiger charge is -2.00. The fourth-order valence-corrected chi connectivity index (χ4v) is 2.31. The van der Waals surface area contributed by atoms with E-state index in [0.29, 0.717) is 0 Å². The van der Waals surface area contributed by atoms with E-state index in [4.69, 9.17) is 0 Å². The Morgan fingerprint density at radius 1 is 1.35 bits per heavy atom. The van der Waals surface area contributed by atoms with E-state index in [1.165, 1.54) is 23.5 Å². The number of anilines is 1. The minimum Gasteiger partial charge on any atom is -0.360 e. The summed E-state index contributed by atoms with van der Waals surface area (Å²) in [6, 6.07) is 4.71. The Labute approximate surface area is 104 Å². The zero-order chi connectivity index (χ0) is 12.3. The molecule has 0 spiro atoms. The molecule has 0 aliphatic carbocycles. The van der Waals surface area contributed by atoms with Crippen LogP contribution in [0.2, 0.25) is 0 Å². The molecule has 17 heavy (non-hydrogen) atoms. The number of aryl methyl sites for hydroxylation is 1. The molecule has 0 saturated heterocycles. The highest BCUT2D eigenvalue weighted by atomic mass is 32.1. The topological polar surface area (TPSA) is 37.8 Å². The van der Waals surface area contributed by atoms with Crippen LogP contribution in [-0.4, -0.2) is 16.7 Å². The number of aromatic nitrogens is 2. The first-order chi connectivity index (χ1) is 8.20. The first-order valence-electron chi connectivity index (χ1n) is 5.54. The van der Waals surface area contributed by atoms with Crippen molar-refractivity contribution < 1.29 is 4.39 Å². The van der Waals surface area contributed by atoms with Crippen molar-refractivity contribution in [2.75, 3.05) is 11.9 Å². The molecule has 0 fully saturated rings. The Morgan fingerprint density at radius 2 is 2.18 bits per heavy atom. The van der Waals surface area contributed by atoms with Crippen molar-refractivity contribution in [3.63, 3.8) is 0 Å². The molecule has 0 saturated carbocycles. The normalized spacial score (nSPS) is 10.5. The number of halogens is 1. The van der Waals surface area contributed by atoms with E-state index >= 15 is 0 Å². The molecule has 0 amide bonds. The minimum absolute atomic E-state index is 0.246. The zero-order valence-electron chi connectivity index (χ0n) is 9.83. The van der Waals surface area contributed by atoms with E-state index in [0.717, 1.165) is 34.2 Å². The summed E-state index contributed by atoms with van der Waals surface area (Å²) in [5.74, 6) is -0.246. The monoisotopic (exact) mass is 251 g/mol. The molecular weight excluding hydrogens is 237 g/mol. The summed E-state index contributed by atoms with van der Waals surface area (Å²) in [7, 11) is 0. The second kappa shape index (κ2) is 5.23. The molecule has 0 aliphatic rings. The Hall–Kier alpha value is -1.49. The van der Waals surface area contributed by atoms with Gasteiger partial charge in [0.2, 0.25) is 5.13 Å². The van der Waals surface area contributed by atoms with E-state index in [9.17, 15) is 4.39 Å². The van der Waals surface area contributed by atoms with Crippen LogP contribution in [0.5, 0.6) is 0 Å². The average molecular weight is 251 g/mol. The third-order valence-electron chi connectivity index (χ3n) is 2.38. The van der Waals surface area contributed by atoms with Crippen LogP contribution in [0.1, 0.15) is 18.9 Å². The van der Waals surface area contributed by atoms with Gasteiger partial charge in [0.1, 0.15) is 10.8 Å². The first-order valence-corrected chi connectivity index (χ1v) is 6.36. The Bertz CT molecular complexity index is 510. The van der Waals surface area contributed by atoms with Gasteiger partial charge in [0.25, 0.3) is 0 Å². The molecule has 90 valence electrons. The van der Waals surface area contributed by atoms with Crippen LogP contribution in [0.4, 0.5) is 9.52 Å². The highest BCUT2D eigenvalue weighted by Gasteiger charge is 2.09. The molecule has 1 aromatic carbocycles. The van der Waals surface area contributed by atoms with Crippen LogP contribution in [0, 0.1) is 12.7 Å². The summed E-state index contributed by atoms with van der Waals surface area (Å²) in [4.78, 5) is 0. The third-order valence-corrected chi connectivity index (χ3v) is 3.30. The molecule has 0 bridgehead atoms. The highest BCUT2D eigenvalue weighted by molar-refractivity contribution is 7.18. The molecular formula is C12H14FN3S. The molecule has 1 heterocycles. The second-order valence-corrected chi connectivity index (χ2v) is 4.78. The van der Waals surface area contributed by atoms with Crippen LogP contribution < -0.4 is 5.32 Å². The van der Waals surface area contributed by atoms with Crippen LogP contribution >= 0.6 is 11.3 Å².